The Kier molecular flexibility index (Phi) is 5.35. The Balaban J connectivity index is 1.28. The van der Waals surface area contributed by atoms with Crippen LogP contribution in [0.5, 0.6) is 5.75 Å². The van der Waals surface area contributed by atoms with Gasteiger partial charge in [0.05, 0.1) is 7.11 Å². The lowest BCUT2D eigenvalue weighted by molar-refractivity contribution is -0.156. The van der Waals surface area contributed by atoms with Crippen molar-refractivity contribution in [1.82, 2.24) is 5.32 Å². The van der Waals surface area contributed by atoms with E-state index in [9.17, 15) is 9.59 Å². The van der Waals surface area contributed by atoms with Crippen molar-refractivity contribution in [2.75, 3.05) is 7.11 Å². The van der Waals surface area contributed by atoms with Crippen LogP contribution in [-0.4, -0.2) is 30.6 Å². The first-order valence-electron chi connectivity index (χ1n) is 10.6. The van der Waals surface area contributed by atoms with E-state index in [4.69, 9.17) is 9.47 Å². The van der Waals surface area contributed by atoms with E-state index in [1.54, 1.807) is 14.0 Å². The molecule has 0 heterocycles. The zero-order valence-corrected chi connectivity index (χ0v) is 16.9. The Morgan fingerprint density at radius 1 is 1.11 bits per heavy atom. The van der Waals surface area contributed by atoms with Gasteiger partial charge in [-0.2, -0.15) is 0 Å². The number of aryl methyl sites for hydroxylation is 1. The van der Waals surface area contributed by atoms with E-state index >= 15 is 0 Å². The normalized spacial score (nSPS) is 31.3. The maximum Gasteiger partial charge on any atom is 0.306 e. The fourth-order valence-corrected chi connectivity index (χ4v) is 6.08. The molecule has 1 aromatic rings. The van der Waals surface area contributed by atoms with E-state index in [0.29, 0.717) is 6.42 Å². The molecule has 4 saturated carbocycles. The summed E-state index contributed by atoms with van der Waals surface area (Å²) in [6.45, 7) is 1.68. The molecule has 5 rings (SSSR count). The quantitative estimate of drug-likeness (QED) is 0.728. The Labute approximate surface area is 167 Å². The number of methoxy groups -OCH3 is 1. The second kappa shape index (κ2) is 7.76. The molecule has 1 aromatic carbocycles. The number of esters is 1. The third-order valence-corrected chi connectivity index (χ3v) is 6.90. The highest BCUT2D eigenvalue weighted by Gasteiger charge is 2.51. The maximum atomic E-state index is 12.7. The van der Waals surface area contributed by atoms with E-state index < -0.39 is 6.10 Å². The van der Waals surface area contributed by atoms with Crippen LogP contribution in [0.3, 0.4) is 0 Å². The first-order valence-corrected chi connectivity index (χ1v) is 10.6. The average Bonchev–Trinajstić information content (AvgIpc) is 2.65. The lowest BCUT2D eigenvalue weighted by Crippen LogP contribution is -2.61. The maximum absolute atomic E-state index is 12.7. The predicted molar refractivity (Wildman–Crippen MR) is 106 cm³/mol. The molecule has 5 nitrogen and oxygen atoms in total. The van der Waals surface area contributed by atoms with Gasteiger partial charge >= 0.3 is 5.97 Å². The number of hydrogen-bond donors (Lipinski definition) is 1. The summed E-state index contributed by atoms with van der Waals surface area (Å²) in [6, 6.07) is 7.64. The van der Waals surface area contributed by atoms with Crippen molar-refractivity contribution in [3.05, 3.63) is 29.8 Å². The molecule has 4 fully saturated rings. The lowest BCUT2D eigenvalue weighted by Gasteiger charge is -2.57. The molecule has 28 heavy (non-hydrogen) atoms. The molecule has 1 amide bonds. The van der Waals surface area contributed by atoms with Gasteiger partial charge in [-0.25, -0.2) is 0 Å². The molecule has 0 saturated heterocycles. The predicted octanol–water partition coefficient (Wildman–Crippen LogP) is 3.64. The number of para-hydroxylation sites is 1. The zero-order chi connectivity index (χ0) is 19.7. The van der Waals surface area contributed by atoms with Crippen LogP contribution in [0.15, 0.2) is 24.3 Å². The molecule has 1 N–H and O–H groups in total. The standard InChI is InChI=1S/C23H31NO4/c1-15(28-21(25)8-7-19-5-3-4-6-20(19)27-2)22(26)24-23-12-16-9-17(13-23)11-18(10-16)14-23/h3-6,15-18H,7-14H2,1-2H3,(H,24,26)/t15-,16?,17?,18?,23?/m1/s1. The van der Waals surface area contributed by atoms with Crippen molar-refractivity contribution in [3.8, 4) is 5.75 Å². The van der Waals surface area contributed by atoms with Gasteiger partial charge in [0.15, 0.2) is 6.10 Å². The molecular weight excluding hydrogens is 354 g/mol. The minimum atomic E-state index is -0.752. The van der Waals surface area contributed by atoms with Crippen LogP contribution in [0.1, 0.15) is 57.4 Å². The van der Waals surface area contributed by atoms with Gasteiger partial charge in [-0.1, -0.05) is 18.2 Å². The van der Waals surface area contributed by atoms with Crippen molar-refractivity contribution >= 4 is 11.9 Å². The number of carbonyl (C=O) groups excluding carboxylic acids is 2. The number of benzene rings is 1. The van der Waals surface area contributed by atoms with Crippen LogP contribution in [0.4, 0.5) is 0 Å². The van der Waals surface area contributed by atoms with Crippen LogP contribution in [-0.2, 0) is 20.7 Å². The number of ether oxygens (including phenoxy) is 2. The molecule has 4 aliphatic carbocycles. The summed E-state index contributed by atoms with van der Waals surface area (Å²) in [5.74, 6) is 2.58. The van der Waals surface area contributed by atoms with Gasteiger partial charge < -0.3 is 14.8 Å². The molecule has 1 atom stereocenters. The van der Waals surface area contributed by atoms with Gasteiger partial charge in [0, 0.05) is 12.0 Å². The van der Waals surface area contributed by atoms with Crippen molar-refractivity contribution < 1.29 is 19.1 Å². The first kappa shape index (κ1) is 19.3. The van der Waals surface area contributed by atoms with E-state index in [0.717, 1.165) is 48.3 Å². The van der Waals surface area contributed by atoms with E-state index in [2.05, 4.69) is 5.32 Å². The number of nitrogens with one attached hydrogen (secondary N) is 1. The summed E-state index contributed by atoms with van der Waals surface area (Å²) in [6.07, 6.45) is 7.31. The van der Waals surface area contributed by atoms with Gasteiger partial charge in [0.2, 0.25) is 0 Å². The van der Waals surface area contributed by atoms with Gasteiger partial charge in [-0.15, -0.1) is 0 Å². The average molecular weight is 386 g/mol. The van der Waals surface area contributed by atoms with E-state index in [1.165, 1.54) is 19.3 Å². The molecule has 0 spiro atoms. The first-order chi connectivity index (χ1) is 13.5. The second-order valence-corrected chi connectivity index (χ2v) is 9.13. The van der Waals surface area contributed by atoms with Crippen molar-refractivity contribution in [3.63, 3.8) is 0 Å². The van der Waals surface area contributed by atoms with Crippen LogP contribution in [0.25, 0.3) is 0 Å². The second-order valence-electron chi connectivity index (χ2n) is 9.13. The SMILES string of the molecule is COc1ccccc1CCC(=O)O[C@H](C)C(=O)NC12CC3CC(CC(C3)C1)C2. The van der Waals surface area contributed by atoms with Crippen molar-refractivity contribution in [2.45, 2.75) is 69.9 Å². The summed E-state index contributed by atoms with van der Waals surface area (Å²) in [4.78, 5) is 25.0. The van der Waals surface area contributed by atoms with Gasteiger partial charge in [-0.05, 0) is 81.3 Å². The van der Waals surface area contributed by atoms with Crippen LogP contribution < -0.4 is 10.1 Å². The fourth-order valence-electron chi connectivity index (χ4n) is 6.08. The molecule has 0 radical (unpaired) electrons. The largest absolute Gasteiger partial charge is 0.496 e. The van der Waals surface area contributed by atoms with E-state index in [-0.39, 0.29) is 23.8 Å². The van der Waals surface area contributed by atoms with Crippen LogP contribution in [0.2, 0.25) is 0 Å². The zero-order valence-electron chi connectivity index (χ0n) is 16.9. The highest BCUT2D eigenvalue weighted by molar-refractivity contribution is 5.84. The minimum absolute atomic E-state index is 0.0517. The van der Waals surface area contributed by atoms with Crippen molar-refractivity contribution in [2.24, 2.45) is 17.8 Å². The molecule has 0 unspecified atom stereocenters. The minimum Gasteiger partial charge on any atom is -0.496 e. The number of hydrogen-bond acceptors (Lipinski definition) is 4. The summed E-state index contributed by atoms with van der Waals surface area (Å²) in [5.41, 5.74) is 0.914. The summed E-state index contributed by atoms with van der Waals surface area (Å²) >= 11 is 0. The number of carbonyl (C=O) groups is 2. The topological polar surface area (TPSA) is 64.6 Å². The van der Waals surface area contributed by atoms with Gasteiger partial charge in [0.1, 0.15) is 5.75 Å². The lowest BCUT2D eigenvalue weighted by atomic mass is 9.53. The fraction of sp³-hybridized carbons (Fsp3) is 0.652. The van der Waals surface area contributed by atoms with E-state index in [1.807, 2.05) is 24.3 Å². The summed E-state index contributed by atoms with van der Waals surface area (Å²) < 4.78 is 10.7. The monoisotopic (exact) mass is 385 g/mol. The molecule has 152 valence electrons. The Bertz CT molecular complexity index is 709. The Morgan fingerprint density at radius 3 is 2.32 bits per heavy atom. The molecule has 0 aromatic heterocycles. The molecule has 4 aliphatic rings. The number of amides is 1. The molecular formula is C23H31NO4. The third-order valence-electron chi connectivity index (χ3n) is 6.90. The Morgan fingerprint density at radius 2 is 1.71 bits per heavy atom. The smallest absolute Gasteiger partial charge is 0.306 e. The molecule has 4 bridgehead atoms. The van der Waals surface area contributed by atoms with Gasteiger partial charge in [-0.3, -0.25) is 9.59 Å². The Hall–Kier alpha value is -2.04. The molecule has 0 aliphatic heterocycles. The highest BCUT2D eigenvalue weighted by Crippen LogP contribution is 2.55. The molecule has 5 heteroatoms. The number of rotatable bonds is 7. The van der Waals surface area contributed by atoms with Gasteiger partial charge in [0.25, 0.3) is 5.91 Å². The van der Waals surface area contributed by atoms with Crippen LogP contribution in [0, 0.1) is 17.8 Å². The summed E-state index contributed by atoms with van der Waals surface area (Å²) in [5, 5.41) is 3.29. The highest BCUT2D eigenvalue weighted by atomic mass is 16.5. The third kappa shape index (κ3) is 4.03. The summed E-state index contributed by atoms with van der Waals surface area (Å²) in [7, 11) is 1.62. The van der Waals surface area contributed by atoms with Crippen LogP contribution >= 0.6 is 0 Å². The van der Waals surface area contributed by atoms with Crippen molar-refractivity contribution in [1.29, 1.82) is 0 Å².